The Balaban J connectivity index is 1.47. The number of carbonyl (C=O) groups excluding carboxylic acids is 1. The van der Waals surface area contributed by atoms with E-state index in [1.807, 2.05) is 4.90 Å². The Hall–Kier alpha value is -1.72. The molecule has 5 nitrogen and oxygen atoms in total. The molecule has 1 amide bonds. The zero-order valence-electron chi connectivity index (χ0n) is 12.7. The van der Waals surface area contributed by atoms with Crippen molar-refractivity contribution in [3.63, 3.8) is 0 Å². The third-order valence-corrected chi connectivity index (χ3v) is 4.58. The summed E-state index contributed by atoms with van der Waals surface area (Å²) in [5, 5.41) is 0. The highest BCUT2D eigenvalue weighted by Gasteiger charge is 2.29. The Morgan fingerprint density at radius 2 is 1.73 bits per heavy atom. The van der Waals surface area contributed by atoms with Gasteiger partial charge in [0, 0.05) is 31.8 Å². The lowest BCUT2D eigenvalue weighted by Gasteiger charge is -2.34. The van der Waals surface area contributed by atoms with Gasteiger partial charge in [-0.3, -0.25) is 4.79 Å². The molecule has 22 heavy (non-hydrogen) atoms. The van der Waals surface area contributed by atoms with E-state index in [-0.39, 0.29) is 18.0 Å². The first kappa shape index (κ1) is 15.2. The van der Waals surface area contributed by atoms with Gasteiger partial charge < -0.3 is 9.64 Å². The van der Waals surface area contributed by atoms with Crippen LogP contribution in [0, 0.1) is 11.7 Å². The van der Waals surface area contributed by atoms with Crippen molar-refractivity contribution in [3.05, 3.63) is 18.2 Å². The Morgan fingerprint density at radius 3 is 2.36 bits per heavy atom. The molecule has 0 aromatic carbocycles. The van der Waals surface area contributed by atoms with Crippen LogP contribution in [0.4, 0.5) is 4.39 Å². The summed E-state index contributed by atoms with van der Waals surface area (Å²) in [6.07, 6.45) is 9.46. The molecule has 2 fully saturated rings. The molecule has 0 N–H and O–H groups in total. The van der Waals surface area contributed by atoms with Gasteiger partial charge >= 0.3 is 6.01 Å². The van der Waals surface area contributed by atoms with Crippen LogP contribution in [0.2, 0.25) is 0 Å². The number of amides is 1. The van der Waals surface area contributed by atoms with Crippen molar-refractivity contribution >= 4 is 5.91 Å². The molecule has 6 heteroatoms. The number of aromatic nitrogens is 2. The number of halogens is 1. The minimum Gasteiger partial charge on any atom is -0.460 e. The van der Waals surface area contributed by atoms with Gasteiger partial charge in [-0.25, -0.2) is 14.4 Å². The van der Waals surface area contributed by atoms with Gasteiger partial charge in [0.05, 0.1) is 12.4 Å². The Kier molecular flexibility index (Phi) is 4.85. The molecular weight excluding hydrogens is 285 g/mol. The van der Waals surface area contributed by atoms with Crippen molar-refractivity contribution in [2.45, 2.75) is 51.0 Å². The predicted molar refractivity (Wildman–Crippen MR) is 78.8 cm³/mol. The lowest BCUT2D eigenvalue weighted by Crippen LogP contribution is -2.44. The number of carbonyl (C=O) groups is 1. The fourth-order valence-electron chi connectivity index (χ4n) is 3.31. The van der Waals surface area contributed by atoms with Crippen LogP contribution < -0.4 is 4.74 Å². The number of hydrogen-bond acceptors (Lipinski definition) is 4. The molecule has 0 atom stereocenters. The van der Waals surface area contributed by atoms with Crippen molar-refractivity contribution < 1.29 is 13.9 Å². The molecule has 120 valence electrons. The molecule has 1 aromatic rings. The van der Waals surface area contributed by atoms with Gasteiger partial charge in [-0.15, -0.1) is 0 Å². The minimum atomic E-state index is -0.472. The van der Waals surface area contributed by atoms with Crippen LogP contribution in [0.1, 0.15) is 44.9 Å². The third-order valence-electron chi connectivity index (χ3n) is 4.58. The van der Waals surface area contributed by atoms with E-state index >= 15 is 0 Å². The Labute approximate surface area is 129 Å². The van der Waals surface area contributed by atoms with Crippen LogP contribution in [0.3, 0.4) is 0 Å². The molecule has 1 saturated carbocycles. The summed E-state index contributed by atoms with van der Waals surface area (Å²) in [6.45, 7) is 1.45. The Morgan fingerprint density at radius 1 is 1.09 bits per heavy atom. The normalized spacial score (nSPS) is 20.9. The summed E-state index contributed by atoms with van der Waals surface area (Å²) in [7, 11) is 0. The van der Waals surface area contributed by atoms with Crippen LogP contribution >= 0.6 is 0 Å². The lowest BCUT2D eigenvalue weighted by molar-refractivity contribution is -0.138. The number of rotatable bonds is 3. The average Bonchev–Trinajstić information content (AvgIpc) is 2.58. The van der Waals surface area contributed by atoms with Crippen molar-refractivity contribution in [1.82, 2.24) is 14.9 Å². The second-order valence-corrected chi connectivity index (χ2v) is 6.16. The molecular formula is C16H22FN3O2. The molecule has 3 rings (SSSR count). The van der Waals surface area contributed by atoms with E-state index in [9.17, 15) is 9.18 Å². The van der Waals surface area contributed by atoms with Crippen LogP contribution in [-0.4, -0.2) is 40.0 Å². The fraction of sp³-hybridized carbons (Fsp3) is 0.688. The number of ether oxygens (including phenoxy) is 1. The van der Waals surface area contributed by atoms with Gasteiger partial charge in [0.25, 0.3) is 0 Å². The largest absolute Gasteiger partial charge is 0.460 e. The summed E-state index contributed by atoms with van der Waals surface area (Å²) < 4.78 is 18.4. The summed E-state index contributed by atoms with van der Waals surface area (Å²) in [5.74, 6) is 0.0723. The molecule has 1 aliphatic heterocycles. The molecule has 0 radical (unpaired) electrons. The summed E-state index contributed by atoms with van der Waals surface area (Å²) in [4.78, 5) is 22.1. The second-order valence-electron chi connectivity index (χ2n) is 6.16. The molecule has 0 spiro atoms. The molecule has 1 saturated heterocycles. The molecule has 1 aromatic heterocycles. The SMILES string of the molecule is O=C(C1CCCCC1)N1CCC(Oc2ncc(F)cn2)CC1. The zero-order chi connectivity index (χ0) is 15.4. The van der Waals surface area contributed by atoms with E-state index < -0.39 is 5.82 Å². The Bertz CT molecular complexity index is 495. The number of hydrogen-bond donors (Lipinski definition) is 0. The molecule has 1 aliphatic carbocycles. The van der Waals surface area contributed by atoms with Gasteiger partial charge in [-0.2, -0.15) is 0 Å². The predicted octanol–water partition coefficient (Wildman–Crippen LogP) is 2.57. The molecule has 2 heterocycles. The number of piperidine rings is 1. The average molecular weight is 307 g/mol. The maximum absolute atomic E-state index is 12.8. The highest BCUT2D eigenvalue weighted by atomic mass is 19.1. The maximum atomic E-state index is 12.8. The van der Waals surface area contributed by atoms with Crippen molar-refractivity contribution in [3.8, 4) is 6.01 Å². The zero-order valence-corrected chi connectivity index (χ0v) is 12.7. The first-order valence-corrected chi connectivity index (χ1v) is 8.15. The van der Waals surface area contributed by atoms with Gasteiger partial charge in [-0.05, 0) is 12.8 Å². The van der Waals surface area contributed by atoms with Crippen molar-refractivity contribution in [2.24, 2.45) is 5.92 Å². The van der Waals surface area contributed by atoms with Crippen LogP contribution in [-0.2, 0) is 4.79 Å². The standard InChI is InChI=1S/C16H22FN3O2/c17-13-10-18-16(19-11-13)22-14-6-8-20(9-7-14)15(21)12-4-2-1-3-5-12/h10-12,14H,1-9H2. The number of likely N-dealkylation sites (tertiary alicyclic amines) is 1. The first-order chi connectivity index (χ1) is 10.7. The van der Waals surface area contributed by atoms with E-state index in [1.54, 1.807) is 0 Å². The number of nitrogens with zero attached hydrogens (tertiary/aromatic N) is 3. The van der Waals surface area contributed by atoms with E-state index in [0.29, 0.717) is 5.91 Å². The van der Waals surface area contributed by atoms with Gasteiger partial charge in [0.2, 0.25) is 5.91 Å². The fourth-order valence-corrected chi connectivity index (χ4v) is 3.31. The molecule has 0 unspecified atom stereocenters. The quantitative estimate of drug-likeness (QED) is 0.861. The summed E-state index contributed by atoms with van der Waals surface area (Å²) in [6, 6.07) is 0.207. The van der Waals surface area contributed by atoms with Gasteiger partial charge in [-0.1, -0.05) is 19.3 Å². The smallest absolute Gasteiger partial charge is 0.316 e. The van der Waals surface area contributed by atoms with E-state index in [2.05, 4.69) is 9.97 Å². The molecule has 2 aliphatic rings. The monoisotopic (exact) mass is 307 g/mol. The first-order valence-electron chi connectivity index (χ1n) is 8.15. The van der Waals surface area contributed by atoms with E-state index in [4.69, 9.17) is 4.74 Å². The lowest BCUT2D eigenvalue weighted by atomic mass is 9.88. The van der Waals surface area contributed by atoms with Gasteiger partial charge in [0.15, 0.2) is 5.82 Å². The van der Waals surface area contributed by atoms with Crippen molar-refractivity contribution in [1.29, 1.82) is 0 Å². The highest BCUT2D eigenvalue weighted by Crippen LogP contribution is 2.27. The van der Waals surface area contributed by atoms with Crippen LogP contribution in [0.25, 0.3) is 0 Å². The summed E-state index contributed by atoms with van der Waals surface area (Å²) in [5.41, 5.74) is 0. The van der Waals surface area contributed by atoms with Crippen molar-refractivity contribution in [2.75, 3.05) is 13.1 Å². The van der Waals surface area contributed by atoms with Crippen LogP contribution in [0.15, 0.2) is 12.4 Å². The van der Waals surface area contributed by atoms with E-state index in [1.165, 1.54) is 19.3 Å². The summed E-state index contributed by atoms with van der Waals surface area (Å²) >= 11 is 0. The van der Waals surface area contributed by atoms with Gasteiger partial charge in [0.1, 0.15) is 6.10 Å². The minimum absolute atomic E-state index is 0.000803. The highest BCUT2D eigenvalue weighted by molar-refractivity contribution is 5.79. The van der Waals surface area contributed by atoms with Crippen LogP contribution in [0.5, 0.6) is 6.01 Å². The second kappa shape index (κ2) is 7.03. The third kappa shape index (κ3) is 3.72. The topological polar surface area (TPSA) is 55.3 Å². The molecule has 0 bridgehead atoms. The van der Waals surface area contributed by atoms with E-state index in [0.717, 1.165) is 51.2 Å². The maximum Gasteiger partial charge on any atom is 0.316 e.